The van der Waals surface area contributed by atoms with Gasteiger partial charge in [0.25, 0.3) is 0 Å². The minimum Gasteiger partial charge on any atom is -0.490 e. The van der Waals surface area contributed by atoms with Crippen LogP contribution in [0.4, 0.5) is 0 Å². The van der Waals surface area contributed by atoms with Gasteiger partial charge >= 0.3 is 35.8 Å². The predicted molar refractivity (Wildman–Crippen MR) is 443 cm³/mol. The van der Waals surface area contributed by atoms with Gasteiger partial charge in [0.15, 0.2) is 34.5 Å². The molecule has 0 aliphatic carbocycles. The van der Waals surface area contributed by atoms with Gasteiger partial charge in [-0.25, -0.2) is 28.8 Å². The minimum absolute atomic E-state index is 0.0188. The lowest BCUT2D eigenvalue weighted by molar-refractivity contribution is -0.131. The van der Waals surface area contributed by atoms with Gasteiger partial charge in [-0.15, -0.1) is 0 Å². The van der Waals surface area contributed by atoms with Crippen molar-refractivity contribution in [1.29, 1.82) is 0 Å². The number of esters is 6. The molecule has 0 heterocycles. The van der Waals surface area contributed by atoms with E-state index in [1.165, 1.54) is 109 Å². The van der Waals surface area contributed by atoms with E-state index in [0.717, 1.165) is 110 Å². The van der Waals surface area contributed by atoms with Crippen molar-refractivity contribution in [3.63, 3.8) is 0 Å². The van der Waals surface area contributed by atoms with Crippen molar-refractivity contribution in [2.75, 3.05) is 39.6 Å². The van der Waals surface area contributed by atoms with Crippen molar-refractivity contribution < 1.29 is 85.6 Å². The summed E-state index contributed by atoms with van der Waals surface area (Å²) in [4.78, 5) is 85.3. The lowest BCUT2D eigenvalue weighted by Crippen LogP contribution is -2.11. The Morgan fingerprint density at radius 2 is 0.342 bits per heavy atom. The lowest BCUT2D eigenvalue weighted by atomic mass is 9.93. The summed E-state index contributed by atoms with van der Waals surface area (Å²) in [6, 6.07) is 54.6. The molecule has 18 nitrogen and oxygen atoms in total. The van der Waals surface area contributed by atoms with E-state index in [2.05, 4.69) is 41.5 Å². The zero-order valence-electron chi connectivity index (χ0n) is 65.3. The first-order chi connectivity index (χ1) is 55.7. The number of rotatable bonds is 42. The smallest absolute Gasteiger partial charge is 0.336 e. The summed E-state index contributed by atoms with van der Waals surface area (Å²) in [6.45, 7) is 12.5. The van der Waals surface area contributed by atoms with Gasteiger partial charge in [-0.1, -0.05) is 153 Å². The molecule has 114 heavy (non-hydrogen) atoms. The minimum atomic E-state index is -0.894. The molecule has 0 atom stereocenters. The average molecular weight is 1540 g/mol. The van der Waals surface area contributed by atoms with Gasteiger partial charge < -0.3 is 56.8 Å². The van der Waals surface area contributed by atoms with E-state index < -0.39 is 35.8 Å². The Labute approximate surface area is 665 Å². The molecule has 0 bridgehead atoms. The second-order valence-corrected chi connectivity index (χ2v) is 26.7. The molecule has 18 heteroatoms. The van der Waals surface area contributed by atoms with Crippen LogP contribution in [0.25, 0.3) is 32.3 Å². The first kappa shape index (κ1) is 83.5. The SMILES string of the molecule is CCCc1ccc(OC/C=C/C(=O)Oc2cc3c4cc(OC(=O)/C=C/COc5ccc(CCC)cc5)c(OC(=O)/C=C/COc5ccc(CCC)cc5)cc4c4cc(OC(=O)/C=C/COc5ccc(CCC)cc5)c(OC(=O)/C=C/COc5ccc(CCC)cc5)cc4c3cc2OC(=O)/C=C/COc2ccc(CCC)cc2)cc1. The Morgan fingerprint density at radius 1 is 0.211 bits per heavy atom. The predicted octanol–water partition coefficient (Wildman–Crippen LogP) is 20.1. The summed E-state index contributed by atoms with van der Waals surface area (Å²) in [7, 11) is 0. The molecule has 10 rings (SSSR count). The number of carbonyl (C=O) groups is 6. The third kappa shape index (κ3) is 26.1. The Kier molecular flexibility index (Phi) is 32.4. The van der Waals surface area contributed by atoms with Crippen LogP contribution in [-0.4, -0.2) is 75.5 Å². The quantitative estimate of drug-likeness (QED) is 0.0150. The second kappa shape index (κ2) is 44.2. The van der Waals surface area contributed by atoms with E-state index in [-0.39, 0.29) is 106 Å². The first-order valence-electron chi connectivity index (χ1n) is 38.8. The number of aryl methyl sites for hydroxylation is 6. The Bertz CT molecular complexity index is 4220. The summed E-state index contributed by atoms with van der Waals surface area (Å²) >= 11 is 0. The largest absolute Gasteiger partial charge is 0.490 e. The summed E-state index contributed by atoms with van der Waals surface area (Å²) in [5.74, 6) is -3.45. The summed E-state index contributed by atoms with van der Waals surface area (Å²) < 4.78 is 72.5. The second-order valence-electron chi connectivity index (χ2n) is 26.7. The van der Waals surface area contributed by atoms with Crippen LogP contribution < -0.4 is 56.8 Å². The summed E-state index contributed by atoms with van der Waals surface area (Å²) in [6.07, 6.45) is 27.2. The molecule has 0 saturated carbocycles. The maximum Gasteiger partial charge on any atom is 0.336 e. The topological polar surface area (TPSA) is 213 Å². The fourth-order valence-electron chi connectivity index (χ4n) is 12.3. The van der Waals surface area contributed by atoms with E-state index >= 15 is 0 Å². The van der Waals surface area contributed by atoms with Crippen LogP contribution in [-0.2, 0) is 67.3 Å². The van der Waals surface area contributed by atoms with Crippen LogP contribution in [0, 0.1) is 0 Å². The molecule has 0 amide bonds. The highest BCUT2D eigenvalue weighted by atomic mass is 16.6. The molecule has 0 N–H and O–H groups in total. The number of hydrogen-bond donors (Lipinski definition) is 0. The number of carbonyl (C=O) groups excluding carboxylic acids is 6. The van der Waals surface area contributed by atoms with E-state index in [0.29, 0.717) is 34.5 Å². The average Bonchev–Trinajstić information content (AvgIpc) is 0.723. The van der Waals surface area contributed by atoms with E-state index in [9.17, 15) is 28.8 Å². The number of benzene rings is 10. The number of fused-ring (bicyclic) bond motifs is 6. The van der Waals surface area contributed by atoms with Gasteiger partial charge in [-0.3, -0.25) is 0 Å². The summed E-state index contributed by atoms with van der Waals surface area (Å²) in [5, 5.41) is 1.51. The van der Waals surface area contributed by atoms with E-state index in [1.54, 1.807) is 0 Å². The Morgan fingerprint density at radius 3 is 0.465 bits per heavy atom. The van der Waals surface area contributed by atoms with Crippen LogP contribution in [0.5, 0.6) is 69.0 Å². The van der Waals surface area contributed by atoms with Crippen molar-refractivity contribution >= 4 is 68.1 Å². The highest BCUT2D eigenvalue weighted by molar-refractivity contribution is 6.27. The third-order valence-corrected chi connectivity index (χ3v) is 17.8. The van der Waals surface area contributed by atoms with E-state index in [4.69, 9.17) is 56.8 Å². The molecule has 0 radical (unpaired) electrons. The van der Waals surface area contributed by atoms with Crippen LogP contribution in [0.2, 0.25) is 0 Å². The van der Waals surface area contributed by atoms with Crippen LogP contribution in [0.3, 0.4) is 0 Å². The highest BCUT2D eigenvalue weighted by Gasteiger charge is 2.25. The molecule has 10 aromatic carbocycles. The van der Waals surface area contributed by atoms with Gasteiger partial charge in [-0.05, 0) is 250 Å². The van der Waals surface area contributed by atoms with Gasteiger partial charge in [0, 0.05) is 36.5 Å². The van der Waals surface area contributed by atoms with Gasteiger partial charge in [0.05, 0.1) is 0 Å². The standard InChI is InChI=1S/C96H96O18/c1-7-19-67-31-43-73(44-32-67)103-55-13-25-91(97)109-85-61-79-80(62-86(85)110-92(98)26-14-56-104-74-45-33-68(20-8-2)34-46-74)82-64-88(112-94(100)28-16-58-106-76-49-37-70(22-10-4)38-50-76)90(114-96(102)30-18-60-108-78-53-41-72(24-12-6)42-54-78)66-84(82)83-65-89(113-95(101)29-17-59-107-77-51-39-71(23-11-5)40-52-77)87(63-81(79)83)111-93(99)27-15-57-105-75-47-35-69(21-9-3)36-48-75/h13-18,25-54,61-66H,7-12,19-24,55-60H2,1-6H3/b25-13+,26-14+,27-15+,28-16+,29-17+,30-18+. The molecular formula is C96H96O18. The molecule has 588 valence electrons. The Hall–Kier alpha value is -13.0. The highest BCUT2D eigenvalue weighted by Crippen LogP contribution is 2.48. The first-order valence-corrected chi connectivity index (χ1v) is 38.8. The van der Waals surface area contributed by atoms with Crippen molar-refractivity contribution in [2.45, 2.75) is 119 Å². The number of hydrogen-bond acceptors (Lipinski definition) is 18. The van der Waals surface area contributed by atoms with Gasteiger partial charge in [-0.2, -0.15) is 0 Å². The van der Waals surface area contributed by atoms with Gasteiger partial charge in [0.2, 0.25) is 0 Å². The van der Waals surface area contributed by atoms with Crippen LogP contribution in [0.15, 0.2) is 255 Å². The molecular weight excluding hydrogens is 1440 g/mol. The maximum atomic E-state index is 14.2. The molecule has 0 unspecified atom stereocenters. The molecule has 0 aromatic heterocycles. The molecule has 0 spiro atoms. The molecule has 0 aliphatic rings. The lowest BCUT2D eigenvalue weighted by Gasteiger charge is -2.18. The van der Waals surface area contributed by atoms with Crippen molar-refractivity contribution in [3.8, 4) is 69.0 Å². The van der Waals surface area contributed by atoms with Crippen LogP contribution >= 0.6 is 0 Å². The Balaban J connectivity index is 1.10. The maximum absolute atomic E-state index is 14.2. The van der Waals surface area contributed by atoms with Crippen molar-refractivity contribution in [1.82, 2.24) is 0 Å². The normalized spacial score (nSPS) is 11.5. The van der Waals surface area contributed by atoms with Gasteiger partial charge in [0.1, 0.15) is 74.1 Å². The molecule has 10 aromatic rings. The fourth-order valence-corrected chi connectivity index (χ4v) is 12.3. The zero-order chi connectivity index (χ0) is 80.2. The molecule has 0 saturated heterocycles. The monoisotopic (exact) mass is 1540 g/mol. The van der Waals surface area contributed by atoms with Crippen LogP contribution in [0.1, 0.15) is 113 Å². The van der Waals surface area contributed by atoms with Crippen molar-refractivity contribution in [3.05, 3.63) is 288 Å². The molecule has 0 fully saturated rings. The molecule has 0 aliphatic heterocycles. The zero-order valence-corrected chi connectivity index (χ0v) is 65.3. The summed E-state index contributed by atoms with van der Waals surface area (Å²) in [5.41, 5.74) is 6.93. The fraction of sp³-hybridized carbons (Fsp3) is 0.250. The number of ether oxygens (including phenoxy) is 12. The third-order valence-electron chi connectivity index (χ3n) is 17.8. The van der Waals surface area contributed by atoms with Crippen molar-refractivity contribution in [2.24, 2.45) is 0 Å². The van der Waals surface area contributed by atoms with E-state index in [1.807, 2.05) is 146 Å².